The maximum atomic E-state index is 13.0. The third-order valence-electron chi connectivity index (χ3n) is 5.54. The van der Waals surface area contributed by atoms with Crippen LogP contribution in [0.2, 0.25) is 0 Å². The SMILES string of the molecule is CCCCCCN(C(=O)CCCC)C(CC(O)c1nc(C(=O)C(C)C)cs1)C(C)C. The number of hydrogen-bond acceptors (Lipinski definition) is 5. The lowest BCUT2D eigenvalue weighted by molar-refractivity contribution is -0.135. The van der Waals surface area contributed by atoms with E-state index < -0.39 is 6.10 Å². The van der Waals surface area contributed by atoms with Gasteiger partial charge in [0.2, 0.25) is 5.91 Å². The minimum Gasteiger partial charge on any atom is -0.386 e. The van der Waals surface area contributed by atoms with Crippen LogP contribution in [-0.2, 0) is 4.79 Å². The summed E-state index contributed by atoms with van der Waals surface area (Å²) in [6.45, 7) is 13.0. The summed E-state index contributed by atoms with van der Waals surface area (Å²) in [6, 6.07) is -0.0425. The number of unbranched alkanes of at least 4 members (excludes halogenated alkanes) is 4. The van der Waals surface area contributed by atoms with Crippen LogP contribution in [0.4, 0.5) is 0 Å². The molecule has 0 bridgehead atoms. The zero-order valence-electron chi connectivity index (χ0n) is 19.8. The Morgan fingerprint density at radius 1 is 1.07 bits per heavy atom. The van der Waals surface area contributed by atoms with Gasteiger partial charge in [0.15, 0.2) is 5.78 Å². The van der Waals surface area contributed by atoms with E-state index in [-0.39, 0.29) is 29.6 Å². The molecule has 0 aliphatic rings. The third kappa shape index (κ3) is 8.46. The summed E-state index contributed by atoms with van der Waals surface area (Å²) in [5.74, 6) is 0.301. The quantitative estimate of drug-likeness (QED) is 0.268. The lowest BCUT2D eigenvalue weighted by Crippen LogP contribution is -2.44. The smallest absolute Gasteiger partial charge is 0.222 e. The van der Waals surface area contributed by atoms with Gasteiger partial charge in [0.1, 0.15) is 16.8 Å². The monoisotopic (exact) mass is 438 g/mol. The van der Waals surface area contributed by atoms with Crippen molar-refractivity contribution >= 4 is 23.0 Å². The molecule has 30 heavy (non-hydrogen) atoms. The van der Waals surface area contributed by atoms with E-state index in [2.05, 4.69) is 32.7 Å². The molecule has 1 amide bonds. The molecule has 5 nitrogen and oxygen atoms in total. The Kier molecular flexibility index (Phi) is 12.4. The number of aliphatic hydroxyl groups is 1. The first-order valence-corrected chi connectivity index (χ1v) is 12.6. The number of hydrogen-bond donors (Lipinski definition) is 1. The van der Waals surface area contributed by atoms with Crippen LogP contribution in [0.15, 0.2) is 5.38 Å². The van der Waals surface area contributed by atoms with Crippen molar-refractivity contribution in [2.45, 2.75) is 105 Å². The van der Waals surface area contributed by atoms with Crippen LogP contribution >= 0.6 is 11.3 Å². The summed E-state index contributed by atoms with van der Waals surface area (Å²) in [5, 5.41) is 13.2. The largest absolute Gasteiger partial charge is 0.386 e. The highest BCUT2D eigenvalue weighted by Crippen LogP contribution is 2.28. The van der Waals surface area contributed by atoms with E-state index in [1.807, 2.05) is 18.7 Å². The number of thiazole rings is 1. The molecule has 0 aliphatic heterocycles. The van der Waals surface area contributed by atoms with Crippen LogP contribution < -0.4 is 0 Å². The Bertz CT molecular complexity index is 642. The van der Waals surface area contributed by atoms with E-state index in [0.29, 0.717) is 23.5 Å². The highest BCUT2D eigenvalue weighted by atomic mass is 32.1. The molecule has 0 spiro atoms. The van der Waals surface area contributed by atoms with Gasteiger partial charge in [-0.2, -0.15) is 0 Å². The Balaban J connectivity index is 2.94. The molecule has 172 valence electrons. The zero-order valence-corrected chi connectivity index (χ0v) is 20.6. The van der Waals surface area contributed by atoms with Gasteiger partial charge in [0.05, 0.1) is 0 Å². The Morgan fingerprint density at radius 2 is 1.73 bits per heavy atom. The molecular formula is C24H42N2O3S. The van der Waals surface area contributed by atoms with Gasteiger partial charge in [-0.25, -0.2) is 4.98 Å². The second-order valence-electron chi connectivity index (χ2n) is 8.90. The maximum absolute atomic E-state index is 13.0. The molecule has 0 aromatic carbocycles. The Hall–Kier alpha value is -1.27. The van der Waals surface area contributed by atoms with Crippen molar-refractivity contribution in [1.29, 1.82) is 0 Å². The van der Waals surface area contributed by atoms with Crippen molar-refractivity contribution < 1.29 is 14.7 Å². The summed E-state index contributed by atoms with van der Waals surface area (Å²) in [7, 11) is 0. The number of carbonyl (C=O) groups excluding carboxylic acids is 2. The predicted molar refractivity (Wildman–Crippen MR) is 125 cm³/mol. The fraction of sp³-hybridized carbons (Fsp3) is 0.792. The van der Waals surface area contributed by atoms with Gasteiger partial charge >= 0.3 is 0 Å². The number of ketones is 1. The van der Waals surface area contributed by atoms with Gasteiger partial charge in [0.25, 0.3) is 0 Å². The molecule has 1 heterocycles. The third-order valence-corrected chi connectivity index (χ3v) is 6.48. The summed E-state index contributed by atoms with van der Waals surface area (Å²) in [6.07, 6.45) is 6.59. The first-order chi connectivity index (χ1) is 14.2. The molecule has 0 aliphatic carbocycles. The molecule has 1 aromatic rings. The topological polar surface area (TPSA) is 70.5 Å². The van der Waals surface area contributed by atoms with E-state index in [1.165, 1.54) is 17.8 Å². The van der Waals surface area contributed by atoms with Gasteiger partial charge in [-0.15, -0.1) is 11.3 Å². The second kappa shape index (κ2) is 13.9. The molecule has 1 rings (SSSR count). The number of aromatic nitrogens is 1. The summed E-state index contributed by atoms with van der Waals surface area (Å²) < 4.78 is 0. The highest BCUT2D eigenvalue weighted by molar-refractivity contribution is 7.09. The first kappa shape index (κ1) is 26.8. The van der Waals surface area contributed by atoms with Crippen LogP contribution in [0.25, 0.3) is 0 Å². The van der Waals surface area contributed by atoms with Crippen molar-refractivity contribution in [3.8, 4) is 0 Å². The molecule has 2 unspecified atom stereocenters. The number of Topliss-reactive ketones (excluding diaryl/α,β-unsaturated/α-hetero) is 1. The molecule has 1 N–H and O–H groups in total. The molecule has 0 fully saturated rings. The van der Waals surface area contributed by atoms with Crippen LogP contribution in [0.5, 0.6) is 0 Å². The van der Waals surface area contributed by atoms with E-state index in [1.54, 1.807) is 5.38 Å². The van der Waals surface area contributed by atoms with Crippen molar-refractivity contribution in [1.82, 2.24) is 9.88 Å². The van der Waals surface area contributed by atoms with E-state index >= 15 is 0 Å². The van der Waals surface area contributed by atoms with Crippen LogP contribution in [0.1, 0.15) is 115 Å². The van der Waals surface area contributed by atoms with Crippen LogP contribution in [0, 0.1) is 11.8 Å². The van der Waals surface area contributed by atoms with Crippen molar-refractivity contribution in [2.75, 3.05) is 6.54 Å². The summed E-state index contributed by atoms with van der Waals surface area (Å²) >= 11 is 1.33. The number of nitrogens with zero attached hydrogens (tertiary/aromatic N) is 2. The molecule has 0 radical (unpaired) electrons. The average Bonchev–Trinajstić information content (AvgIpc) is 3.20. The highest BCUT2D eigenvalue weighted by Gasteiger charge is 2.29. The predicted octanol–water partition coefficient (Wildman–Crippen LogP) is 6.03. The lowest BCUT2D eigenvalue weighted by Gasteiger charge is -2.36. The average molecular weight is 439 g/mol. The molecule has 1 aromatic heterocycles. The van der Waals surface area contributed by atoms with E-state index in [4.69, 9.17) is 0 Å². The maximum Gasteiger partial charge on any atom is 0.222 e. The number of carbonyl (C=O) groups is 2. The number of rotatable bonds is 15. The zero-order chi connectivity index (χ0) is 22.7. The molecular weight excluding hydrogens is 396 g/mol. The second-order valence-corrected chi connectivity index (χ2v) is 9.79. The normalized spacial score (nSPS) is 13.6. The Labute approximate surface area is 187 Å². The minimum atomic E-state index is -0.770. The standard InChI is InChI=1S/C24H42N2O3S/c1-7-9-11-12-14-26(22(28)13-10-8-2)20(17(3)4)15-21(27)24-25-19(16-30-24)23(29)18(5)6/h16-18,20-21,27H,7-15H2,1-6H3. The number of aliphatic hydroxyl groups excluding tert-OH is 1. The van der Waals surface area contributed by atoms with Gasteiger partial charge < -0.3 is 10.0 Å². The van der Waals surface area contributed by atoms with Gasteiger partial charge in [0, 0.05) is 36.7 Å². The van der Waals surface area contributed by atoms with Crippen molar-refractivity contribution in [3.05, 3.63) is 16.1 Å². The van der Waals surface area contributed by atoms with Crippen LogP contribution in [-0.4, -0.2) is 39.3 Å². The lowest BCUT2D eigenvalue weighted by atomic mass is 9.95. The minimum absolute atomic E-state index is 0.00240. The summed E-state index contributed by atoms with van der Waals surface area (Å²) in [4.78, 5) is 31.6. The van der Waals surface area contributed by atoms with Gasteiger partial charge in [-0.3, -0.25) is 9.59 Å². The van der Waals surface area contributed by atoms with Crippen molar-refractivity contribution in [3.63, 3.8) is 0 Å². The Morgan fingerprint density at radius 3 is 2.30 bits per heavy atom. The van der Waals surface area contributed by atoms with Crippen LogP contribution in [0.3, 0.4) is 0 Å². The van der Waals surface area contributed by atoms with E-state index in [0.717, 1.165) is 38.6 Å². The van der Waals surface area contributed by atoms with Gasteiger partial charge in [-0.05, 0) is 18.8 Å². The van der Waals surface area contributed by atoms with E-state index in [9.17, 15) is 14.7 Å². The fourth-order valence-corrected chi connectivity index (χ4v) is 4.40. The summed E-state index contributed by atoms with van der Waals surface area (Å²) in [5.41, 5.74) is 0.431. The fourth-order valence-electron chi connectivity index (χ4n) is 3.59. The van der Waals surface area contributed by atoms with Crippen molar-refractivity contribution in [2.24, 2.45) is 11.8 Å². The molecule has 0 saturated carbocycles. The van der Waals surface area contributed by atoms with Gasteiger partial charge in [-0.1, -0.05) is 67.2 Å². The molecule has 0 saturated heterocycles. The molecule has 2 atom stereocenters. The molecule has 6 heteroatoms. The first-order valence-electron chi connectivity index (χ1n) is 11.7. The number of amides is 1.